The Hall–Kier alpha value is -0.900. The number of benzene rings is 2. The molecule has 0 fully saturated rings. The molecule has 1 N–H and O–H groups in total. The molecule has 0 aliphatic rings. The maximum atomic E-state index is 13.4. The number of hydrogen-bond donors (Lipinski definition) is 1. The molecule has 0 heterocycles. The predicted octanol–water partition coefficient (Wildman–Crippen LogP) is 4.69. The third-order valence-electron chi connectivity index (χ3n) is 3.01. The average molecular weight is 344 g/mol. The maximum Gasteiger partial charge on any atom is 0.142 e. The monoisotopic (exact) mass is 342 g/mol. The van der Waals surface area contributed by atoms with E-state index in [1.165, 1.54) is 6.07 Å². The molecule has 19 heavy (non-hydrogen) atoms. The summed E-state index contributed by atoms with van der Waals surface area (Å²) in [7, 11) is 0. The summed E-state index contributed by atoms with van der Waals surface area (Å²) in [5.74, 6) is -0.468. The molecular weight excluding hydrogens is 331 g/mol. The Morgan fingerprint density at radius 1 is 1.26 bits per heavy atom. The van der Waals surface area contributed by atoms with Crippen molar-refractivity contribution in [1.82, 2.24) is 0 Å². The lowest BCUT2D eigenvalue weighted by Crippen LogP contribution is -2.24. The highest BCUT2D eigenvalue weighted by molar-refractivity contribution is 9.10. The van der Waals surface area contributed by atoms with E-state index in [1.54, 1.807) is 19.1 Å². The van der Waals surface area contributed by atoms with Crippen molar-refractivity contribution < 1.29 is 9.50 Å². The summed E-state index contributed by atoms with van der Waals surface area (Å²) >= 11 is 9.29. The van der Waals surface area contributed by atoms with Crippen LogP contribution in [0.1, 0.15) is 18.1 Å². The van der Waals surface area contributed by atoms with Gasteiger partial charge in [-0.15, -0.1) is 0 Å². The summed E-state index contributed by atoms with van der Waals surface area (Å²) in [5, 5.41) is 10.6. The Morgan fingerprint density at radius 3 is 2.63 bits per heavy atom. The molecule has 0 bridgehead atoms. The fourth-order valence-electron chi connectivity index (χ4n) is 1.98. The minimum atomic E-state index is -1.11. The summed E-state index contributed by atoms with van der Waals surface area (Å²) in [6, 6.07) is 12.0. The number of halogens is 3. The second-order valence-electron chi connectivity index (χ2n) is 4.67. The number of aliphatic hydroxyl groups is 1. The van der Waals surface area contributed by atoms with Gasteiger partial charge >= 0.3 is 0 Å². The lowest BCUT2D eigenvalue weighted by Gasteiger charge is -2.24. The molecule has 0 spiro atoms. The van der Waals surface area contributed by atoms with Crippen molar-refractivity contribution in [2.45, 2.75) is 18.9 Å². The van der Waals surface area contributed by atoms with Crippen molar-refractivity contribution >= 4 is 27.5 Å². The molecular formula is C15H13BrClFO. The Bertz CT molecular complexity index is 598. The lowest BCUT2D eigenvalue weighted by atomic mass is 9.89. The molecule has 2 aromatic carbocycles. The second kappa shape index (κ2) is 5.61. The van der Waals surface area contributed by atoms with Crippen LogP contribution in [0.25, 0.3) is 0 Å². The first-order valence-electron chi connectivity index (χ1n) is 5.81. The third kappa shape index (κ3) is 3.35. The van der Waals surface area contributed by atoms with Crippen LogP contribution in [0.4, 0.5) is 4.39 Å². The normalized spacial score (nSPS) is 14.2. The molecule has 0 amide bonds. The summed E-state index contributed by atoms with van der Waals surface area (Å²) in [5.41, 5.74) is 0.232. The number of hydrogen-bond acceptors (Lipinski definition) is 1. The molecule has 0 saturated carbocycles. The average Bonchev–Trinajstić information content (AvgIpc) is 2.35. The van der Waals surface area contributed by atoms with Gasteiger partial charge in [0.2, 0.25) is 0 Å². The lowest BCUT2D eigenvalue weighted by molar-refractivity contribution is 0.0575. The van der Waals surface area contributed by atoms with E-state index in [1.807, 2.05) is 24.3 Å². The van der Waals surface area contributed by atoms with Crippen LogP contribution in [-0.4, -0.2) is 5.11 Å². The smallest absolute Gasteiger partial charge is 0.142 e. The highest BCUT2D eigenvalue weighted by atomic mass is 79.9. The minimum absolute atomic E-state index is 0.0674. The van der Waals surface area contributed by atoms with Crippen LogP contribution >= 0.6 is 27.5 Å². The topological polar surface area (TPSA) is 20.2 Å². The Kier molecular flexibility index (Phi) is 4.29. The van der Waals surface area contributed by atoms with E-state index in [2.05, 4.69) is 15.9 Å². The van der Waals surface area contributed by atoms with Crippen LogP contribution in [0.5, 0.6) is 0 Å². The number of rotatable bonds is 3. The van der Waals surface area contributed by atoms with Crippen molar-refractivity contribution in [1.29, 1.82) is 0 Å². The molecule has 1 nitrogen and oxygen atoms in total. The zero-order valence-corrected chi connectivity index (χ0v) is 12.7. The predicted molar refractivity (Wildman–Crippen MR) is 78.8 cm³/mol. The van der Waals surface area contributed by atoms with Crippen molar-refractivity contribution in [3.63, 3.8) is 0 Å². The molecule has 4 heteroatoms. The van der Waals surface area contributed by atoms with Gasteiger partial charge in [-0.3, -0.25) is 0 Å². The Morgan fingerprint density at radius 2 is 1.95 bits per heavy atom. The van der Waals surface area contributed by atoms with Crippen LogP contribution in [0.15, 0.2) is 46.9 Å². The summed E-state index contributed by atoms with van der Waals surface area (Å²) in [6.45, 7) is 1.69. The van der Waals surface area contributed by atoms with E-state index in [4.69, 9.17) is 11.6 Å². The highest BCUT2D eigenvalue weighted by Gasteiger charge is 2.25. The summed E-state index contributed by atoms with van der Waals surface area (Å²) in [4.78, 5) is 0. The van der Waals surface area contributed by atoms with Gasteiger partial charge in [-0.2, -0.15) is 0 Å². The van der Waals surface area contributed by atoms with E-state index in [0.29, 0.717) is 5.56 Å². The molecule has 2 rings (SSSR count). The van der Waals surface area contributed by atoms with E-state index < -0.39 is 11.4 Å². The molecule has 0 aliphatic heterocycles. The zero-order valence-electron chi connectivity index (χ0n) is 10.3. The molecule has 0 aromatic heterocycles. The van der Waals surface area contributed by atoms with E-state index >= 15 is 0 Å². The highest BCUT2D eigenvalue weighted by Crippen LogP contribution is 2.30. The van der Waals surface area contributed by atoms with Crippen molar-refractivity contribution in [3.8, 4) is 0 Å². The van der Waals surface area contributed by atoms with Gasteiger partial charge in [-0.25, -0.2) is 4.39 Å². The zero-order chi connectivity index (χ0) is 14.0. The maximum absolute atomic E-state index is 13.4. The van der Waals surface area contributed by atoms with Gasteiger partial charge in [0.05, 0.1) is 10.6 Å². The second-order valence-corrected chi connectivity index (χ2v) is 5.97. The van der Waals surface area contributed by atoms with E-state index in [0.717, 1.165) is 10.0 Å². The summed E-state index contributed by atoms with van der Waals surface area (Å²) < 4.78 is 14.3. The van der Waals surface area contributed by atoms with Crippen LogP contribution in [0.3, 0.4) is 0 Å². The largest absolute Gasteiger partial charge is 0.385 e. The van der Waals surface area contributed by atoms with E-state index in [-0.39, 0.29) is 11.4 Å². The quantitative estimate of drug-likeness (QED) is 0.857. The Balaban J connectivity index is 2.33. The molecule has 0 aliphatic carbocycles. The molecule has 100 valence electrons. The standard InChI is InChI=1S/C15H13BrClFO/c1-15(19,11-5-3-6-12(16)8-11)9-10-4-2-7-13(18)14(10)17/h2-8,19H,9H2,1H3. The molecule has 1 unspecified atom stereocenters. The molecule has 0 radical (unpaired) electrons. The first-order chi connectivity index (χ1) is 8.90. The van der Waals surface area contributed by atoms with Crippen LogP contribution < -0.4 is 0 Å². The van der Waals surface area contributed by atoms with Gasteiger partial charge < -0.3 is 5.11 Å². The third-order valence-corrected chi connectivity index (χ3v) is 3.93. The first kappa shape index (κ1) is 14.5. The fourth-order valence-corrected chi connectivity index (χ4v) is 2.57. The van der Waals surface area contributed by atoms with Crippen molar-refractivity contribution in [2.24, 2.45) is 0 Å². The Labute approximate surface area is 125 Å². The van der Waals surface area contributed by atoms with Gasteiger partial charge in [-0.05, 0) is 36.2 Å². The van der Waals surface area contributed by atoms with Crippen LogP contribution in [0.2, 0.25) is 5.02 Å². The molecule has 2 aromatic rings. The van der Waals surface area contributed by atoms with Crippen molar-refractivity contribution in [3.05, 3.63) is 68.9 Å². The van der Waals surface area contributed by atoms with E-state index in [9.17, 15) is 9.50 Å². The van der Waals surface area contributed by atoms with Crippen LogP contribution in [0, 0.1) is 5.82 Å². The van der Waals surface area contributed by atoms with Gasteiger partial charge in [0.15, 0.2) is 0 Å². The van der Waals surface area contributed by atoms with Gasteiger partial charge in [0.25, 0.3) is 0 Å². The minimum Gasteiger partial charge on any atom is -0.385 e. The summed E-state index contributed by atoms with van der Waals surface area (Å²) in [6.07, 6.45) is 0.250. The van der Waals surface area contributed by atoms with Gasteiger partial charge in [0, 0.05) is 10.9 Å². The molecule has 0 saturated heterocycles. The van der Waals surface area contributed by atoms with Crippen molar-refractivity contribution in [2.75, 3.05) is 0 Å². The fraction of sp³-hybridized carbons (Fsp3) is 0.200. The van der Waals surface area contributed by atoms with Crippen LogP contribution in [-0.2, 0) is 12.0 Å². The first-order valence-corrected chi connectivity index (χ1v) is 6.98. The SMILES string of the molecule is CC(O)(Cc1cccc(F)c1Cl)c1cccc(Br)c1. The van der Waals surface area contributed by atoms with Gasteiger partial charge in [0.1, 0.15) is 5.82 Å². The molecule has 1 atom stereocenters. The van der Waals surface area contributed by atoms with Gasteiger partial charge in [-0.1, -0.05) is 51.8 Å².